The van der Waals surface area contributed by atoms with E-state index in [1.165, 1.54) is 0 Å². The van der Waals surface area contributed by atoms with Crippen LogP contribution in [0.1, 0.15) is 48.1 Å². The van der Waals surface area contributed by atoms with E-state index in [1.54, 1.807) is 7.11 Å². The molecule has 2 heterocycles. The van der Waals surface area contributed by atoms with Crippen molar-refractivity contribution in [3.63, 3.8) is 0 Å². The maximum absolute atomic E-state index is 12.8. The third-order valence-corrected chi connectivity index (χ3v) is 6.94. The van der Waals surface area contributed by atoms with Crippen molar-refractivity contribution in [2.75, 3.05) is 25.9 Å². The molecule has 0 saturated heterocycles. The maximum atomic E-state index is 12.8. The molecule has 0 fully saturated rings. The van der Waals surface area contributed by atoms with Crippen LogP contribution < -0.4 is 19.1 Å². The minimum Gasteiger partial charge on any atom is -0.497 e. The molecule has 5 rings (SSSR count). The van der Waals surface area contributed by atoms with Gasteiger partial charge in [0.2, 0.25) is 6.79 Å². The summed E-state index contributed by atoms with van der Waals surface area (Å²) >= 11 is 0. The fraction of sp³-hybridized carbons (Fsp3) is 0.333. The lowest BCUT2D eigenvalue weighted by molar-refractivity contribution is -0.142. The van der Waals surface area contributed by atoms with E-state index in [-0.39, 0.29) is 18.8 Å². The molecule has 0 spiro atoms. The topological polar surface area (TPSA) is 81.1 Å². The Morgan fingerprint density at radius 1 is 1.03 bits per heavy atom. The zero-order valence-corrected chi connectivity index (χ0v) is 19.7. The van der Waals surface area contributed by atoms with Crippen LogP contribution in [0.2, 0.25) is 0 Å². The Hall–Kier alpha value is -3.74. The van der Waals surface area contributed by atoms with Gasteiger partial charge in [-0.2, -0.15) is 0 Å². The quantitative estimate of drug-likeness (QED) is 0.574. The first-order chi connectivity index (χ1) is 16.4. The number of methoxy groups -OCH3 is 1. The zero-order valence-electron chi connectivity index (χ0n) is 19.7. The Balaban J connectivity index is 1.69. The van der Waals surface area contributed by atoms with Crippen LogP contribution in [0.4, 0.5) is 5.82 Å². The number of hydrogen-bond donors (Lipinski definition) is 1. The lowest BCUT2D eigenvalue weighted by atomic mass is 9.80. The number of hydrogen-bond acceptors (Lipinski definition) is 6. The van der Waals surface area contributed by atoms with Crippen LogP contribution in [-0.4, -0.2) is 43.1 Å². The third kappa shape index (κ3) is 3.61. The standard InChI is InChI=1S/C27H28N2O5/c1-15(2)29(3)22-12-10-19-23(17-7-11-20-21(13-17)34-14-33-20)25(27(30)31)24(26(19)28-22)16-5-8-18(32-4)9-6-16/h5-13,15,23-25H,14H2,1-4H3,(H,30,31)/t23-,24-,25+/m0/s1. The lowest BCUT2D eigenvalue weighted by Gasteiger charge is -2.24. The number of aromatic nitrogens is 1. The highest BCUT2D eigenvalue weighted by Crippen LogP contribution is 2.53. The van der Waals surface area contributed by atoms with Crippen LogP contribution in [0.15, 0.2) is 54.6 Å². The van der Waals surface area contributed by atoms with Gasteiger partial charge in [-0.3, -0.25) is 4.79 Å². The number of carboxylic acids is 1. The molecule has 2 aliphatic rings. The molecule has 0 saturated carbocycles. The van der Waals surface area contributed by atoms with Crippen molar-refractivity contribution in [1.29, 1.82) is 0 Å². The summed E-state index contributed by atoms with van der Waals surface area (Å²) in [5, 5.41) is 10.5. The van der Waals surface area contributed by atoms with Crippen molar-refractivity contribution in [3.05, 3.63) is 77.0 Å². The monoisotopic (exact) mass is 460 g/mol. The predicted octanol–water partition coefficient (Wildman–Crippen LogP) is 4.64. The fourth-order valence-corrected chi connectivity index (χ4v) is 4.96. The van der Waals surface area contributed by atoms with E-state index in [0.717, 1.165) is 34.0 Å². The molecule has 0 radical (unpaired) electrons. The van der Waals surface area contributed by atoms with Crippen LogP contribution in [0, 0.1) is 5.92 Å². The van der Waals surface area contributed by atoms with Gasteiger partial charge in [0.05, 0.1) is 18.7 Å². The van der Waals surface area contributed by atoms with E-state index in [0.29, 0.717) is 11.5 Å². The summed E-state index contributed by atoms with van der Waals surface area (Å²) in [4.78, 5) is 19.9. The molecule has 2 aromatic carbocycles. The van der Waals surface area contributed by atoms with Crippen LogP contribution in [0.5, 0.6) is 17.2 Å². The molecule has 3 atom stereocenters. The van der Waals surface area contributed by atoms with Crippen LogP contribution in [0.25, 0.3) is 0 Å². The van der Waals surface area contributed by atoms with Crippen LogP contribution >= 0.6 is 0 Å². The third-order valence-electron chi connectivity index (χ3n) is 6.94. The molecular formula is C27H28N2O5. The number of anilines is 1. The summed E-state index contributed by atoms with van der Waals surface area (Å²) < 4.78 is 16.4. The number of carbonyl (C=O) groups is 1. The summed E-state index contributed by atoms with van der Waals surface area (Å²) in [5.41, 5.74) is 3.49. The van der Waals surface area contributed by atoms with Gasteiger partial charge in [-0.15, -0.1) is 0 Å². The molecule has 0 unspecified atom stereocenters. The molecule has 0 bridgehead atoms. The average Bonchev–Trinajstić information content (AvgIpc) is 3.45. The molecule has 34 heavy (non-hydrogen) atoms. The van der Waals surface area contributed by atoms with Gasteiger partial charge in [0.1, 0.15) is 11.6 Å². The summed E-state index contributed by atoms with van der Waals surface area (Å²) in [5.74, 6) is 0.489. The molecule has 7 heteroatoms. The first-order valence-corrected chi connectivity index (χ1v) is 11.4. The van der Waals surface area contributed by atoms with Crippen molar-refractivity contribution < 1.29 is 24.1 Å². The number of pyridine rings is 1. The van der Waals surface area contributed by atoms with Gasteiger partial charge < -0.3 is 24.2 Å². The van der Waals surface area contributed by atoms with Crippen molar-refractivity contribution in [2.45, 2.75) is 31.7 Å². The van der Waals surface area contributed by atoms with Crippen molar-refractivity contribution in [1.82, 2.24) is 4.98 Å². The second-order valence-corrected chi connectivity index (χ2v) is 9.05. The minimum atomic E-state index is -0.861. The van der Waals surface area contributed by atoms with Crippen molar-refractivity contribution >= 4 is 11.8 Å². The molecule has 1 aliphatic carbocycles. The maximum Gasteiger partial charge on any atom is 0.308 e. The molecular weight excluding hydrogens is 432 g/mol. The van der Waals surface area contributed by atoms with Crippen LogP contribution in [0.3, 0.4) is 0 Å². The lowest BCUT2D eigenvalue weighted by Crippen LogP contribution is -2.27. The second-order valence-electron chi connectivity index (χ2n) is 9.05. The Labute approximate surface area is 198 Å². The van der Waals surface area contributed by atoms with Gasteiger partial charge in [0.25, 0.3) is 0 Å². The number of rotatable bonds is 6. The molecule has 1 aliphatic heterocycles. The highest BCUT2D eigenvalue weighted by atomic mass is 16.7. The zero-order chi connectivity index (χ0) is 24.0. The highest BCUT2D eigenvalue weighted by molar-refractivity contribution is 5.77. The van der Waals surface area contributed by atoms with Crippen molar-refractivity contribution in [3.8, 4) is 17.2 Å². The molecule has 1 N–H and O–H groups in total. The number of aliphatic carboxylic acids is 1. The molecule has 176 valence electrons. The van der Waals surface area contributed by atoms with E-state index in [2.05, 4.69) is 18.7 Å². The predicted molar refractivity (Wildman–Crippen MR) is 128 cm³/mol. The highest BCUT2D eigenvalue weighted by Gasteiger charge is 2.48. The smallest absolute Gasteiger partial charge is 0.308 e. The Morgan fingerprint density at radius 2 is 1.74 bits per heavy atom. The van der Waals surface area contributed by atoms with Gasteiger partial charge in [0, 0.05) is 24.9 Å². The first kappa shape index (κ1) is 22.1. The van der Waals surface area contributed by atoms with E-state index in [4.69, 9.17) is 19.2 Å². The Morgan fingerprint density at radius 3 is 2.41 bits per heavy atom. The number of fused-ring (bicyclic) bond motifs is 2. The Kier molecular flexibility index (Phi) is 5.55. The van der Waals surface area contributed by atoms with Gasteiger partial charge in [-0.1, -0.05) is 24.3 Å². The SMILES string of the molecule is COc1ccc([C@@H]2c3nc(N(C)C(C)C)ccc3[C@H](c3ccc4c(c3)OCO4)[C@H]2C(=O)O)cc1. The normalized spacial score (nSPS) is 20.3. The number of ether oxygens (including phenoxy) is 3. The second kappa shape index (κ2) is 8.56. The van der Waals surface area contributed by atoms with Crippen molar-refractivity contribution in [2.24, 2.45) is 5.92 Å². The molecule has 0 amide bonds. The summed E-state index contributed by atoms with van der Waals surface area (Å²) in [7, 11) is 3.62. The molecule has 1 aromatic heterocycles. The van der Waals surface area contributed by atoms with E-state index in [9.17, 15) is 9.90 Å². The van der Waals surface area contributed by atoms with Gasteiger partial charge in [-0.25, -0.2) is 4.98 Å². The average molecular weight is 461 g/mol. The summed E-state index contributed by atoms with van der Waals surface area (Å²) in [6, 6.07) is 17.6. The summed E-state index contributed by atoms with van der Waals surface area (Å²) in [6.45, 7) is 4.37. The largest absolute Gasteiger partial charge is 0.497 e. The van der Waals surface area contributed by atoms with Gasteiger partial charge in [0.15, 0.2) is 11.5 Å². The van der Waals surface area contributed by atoms with E-state index >= 15 is 0 Å². The number of benzene rings is 2. The number of carboxylic acid groups (broad SMARTS) is 1. The molecule has 3 aromatic rings. The van der Waals surface area contributed by atoms with Crippen LogP contribution in [-0.2, 0) is 4.79 Å². The minimum absolute atomic E-state index is 0.170. The Bertz CT molecular complexity index is 1220. The molecule has 7 nitrogen and oxygen atoms in total. The number of nitrogens with zero attached hydrogens (tertiary/aromatic N) is 2. The van der Waals surface area contributed by atoms with Gasteiger partial charge in [-0.05, 0) is 60.9 Å². The first-order valence-electron chi connectivity index (χ1n) is 11.4. The van der Waals surface area contributed by atoms with E-state index in [1.807, 2.05) is 61.6 Å². The van der Waals surface area contributed by atoms with E-state index < -0.39 is 17.8 Å². The fourth-order valence-electron chi connectivity index (χ4n) is 4.96. The summed E-state index contributed by atoms with van der Waals surface area (Å²) in [6.07, 6.45) is 0. The van der Waals surface area contributed by atoms with Gasteiger partial charge >= 0.3 is 5.97 Å².